The quantitative estimate of drug-likeness (QED) is 0.652. The predicted octanol–water partition coefficient (Wildman–Crippen LogP) is 2.56. The minimum absolute atomic E-state index is 0.0953. The highest BCUT2D eigenvalue weighted by Gasteiger charge is 2.30. The summed E-state index contributed by atoms with van der Waals surface area (Å²) in [7, 11) is 3.17. The molecule has 0 aromatic carbocycles. The number of aryl methyl sites for hydroxylation is 1. The fourth-order valence-electron chi connectivity index (χ4n) is 3.36. The van der Waals surface area contributed by atoms with Crippen LogP contribution < -0.4 is 15.4 Å². The van der Waals surface area contributed by atoms with Gasteiger partial charge in [0.1, 0.15) is 11.8 Å². The Morgan fingerprint density at radius 2 is 2.17 bits per heavy atom. The Bertz CT molecular complexity index is 861. The first-order valence-electron chi connectivity index (χ1n) is 9.81. The average Bonchev–Trinajstić information content (AvgIpc) is 3.41. The number of carbonyl (C=O) groups is 2. The van der Waals surface area contributed by atoms with Gasteiger partial charge in [-0.3, -0.25) is 14.6 Å². The Hall–Kier alpha value is -3.04. The summed E-state index contributed by atoms with van der Waals surface area (Å²) in [6.45, 7) is 3.96. The molecular formula is C19H28N6O4. The molecule has 0 aliphatic heterocycles. The van der Waals surface area contributed by atoms with Crippen molar-refractivity contribution in [3.8, 4) is 5.88 Å². The van der Waals surface area contributed by atoms with E-state index in [0.717, 1.165) is 31.4 Å². The van der Waals surface area contributed by atoms with Gasteiger partial charge in [0.25, 0.3) is 5.91 Å². The van der Waals surface area contributed by atoms with E-state index in [1.807, 2.05) is 19.9 Å². The smallest absolute Gasteiger partial charge is 0.407 e. The van der Waals surface area contributed by atoms with Gasteiger partial charge in [-0.15, -0.1) is 5.10 Å². The number of hydrogen-bond donors (Lipinski definition) is 3. The molecule has 2 aromatic rings. The fourth-order valence-corrected chi connectivity index (χ4v) is 3.36. The zero-order valence-electron chi connectivity index (χ0n) is 17.2. The summed E-state index contributed by atoms with van der Waals surface area (Å²) >= 11 is 0. The summed E-state index contributed by atoms with van der Waals surface area (Å²) in [5, 5.41) is 16.8. The number of hydrogen-bond acceptors (Lipinski definition) is 6. The van der Waals surface area contributed by atoms with E-state index in [1.54, 1.807) is 13.1 Å². The zero-order valence-corrected chi connectivity index (χ0v) is 17.2. The topological polar surface area (TPSA) is 123 Å². The standard InChI is InChI=1S/C19H28N6O4/c1-5-11(2)20-19(27)29-13-7-6-12(8-13)14-9-16(23-22-14)21-18(26)15-10-17(28-4)24-25(15)3/h9-13H,5-8H2,1-4H3,(H,20,27)(H2,21,22,23,26)/t11?,12-,13+/m0/s1. The summed E-state index contributed by atoms with van der Waals surface area (Å²) in [5.74, 6) is 0.681. The van der Waals surface area contributed by atoms with Gasteiger partial charge in [-0.05, 0) is 32.6 Å². The van der Waals surface area contributed by atoms with Crippen molar-refractivity contribution in [1.29, 1.82) is 0 Å². The van der Waals surface area contributed by atoms with Crippen molar-refractivity contribution in [3.63, 3.8) is 0 Å². The third kappa shape index (κ3) is 5.07. The van der Waals surface area contributed by atoms with Crippen LogP contribution in [0.15, 0.2) is 12.1 Å². The van der Waals surface area contributed by atoms with E-state index >= 15 is 0 Å². The highest BCUT2D eigenvalue weighted by molar-refractivity contribution is 6.02. The number of aromatic nitrogens is 4. The Morgan fingerprint density at radius 3 is 2.86 bits per heavy atom. The van der Waals surface area contributed by atoms with Crippen molar-refractivity contribution in [2.24, 2.45) is 7.05 Å². The number of aromatic amines is 1. The van der Waals surface area contributed by atoms with E-state index < -0.39 is 0 Å². The summed E-state index contributed by atoms with van der Waals surface area (Å²) in [5.41, 5.74) is 1.28. The third-order valence-corrected chi connectivity index (χ3v) is 5.21. The summed E-state index contributed by atoms with van der Waals surface area (Å²) in [4.78, 5) is 24.3. The molecule has 0 spiro atoms. The number of methoxy groups -OCH3 is 1. The second-order valence-electron chi connectivity index (χ2n) is 7.35. The number of ether oxygens (including phenoxy) is 2. The van der Waals surface area contributed by atoms with E-state index in [-0.39, 0.29) is 30.1 Å². The molecule has 1 unspecified atom stereocenters. The number of anilines is 1. The van der Waals surface area contributed by atoms with Gasteiger partial charge in [0.05, 0.1) is 7.11 Å². The van der Waals surface area contributed by atoms with Gasteiger partial charge in [-0.2, -0.15) is 5.10 Å². The first-order valence-corrected chi connectivity index (χ1v) is 9.81. The number of amides is 2. The second-order valence-corrected chi connectivity index (χ2v) is 7.35. The number of H-pyrrole nitrogens is 1. The lowest BCUT2D eigenvalue weighted by atomic mass is 10.0. The first kappa shape index (κ1) is 20.7. The number of nitrogens with one attached hydrogen (secondary N) is 3. The van der Waals surface area contributed by atoms with Gasteiger partial charge in [-0.25, -0.2) is 4.79 Å². The Kier molecular flexibility index (Phi) is 6.40. The normalized spacial score (nSPS) is 19.6. The van der Waals surface area contributed by atoms with Crippen molar-refractivity contribution in [1.82, 2.24) is 25.3 Å². The Labute approximate surface area is 169 Å². The van der Waals surface area contributed by atoms with Gasteiger partial charge < -0.3 is 20.1 Å². The van der Waals surface area contributed by atoms with Crippen LogP contribution in [0.1, 0.15) is 61.6 Å². The Morgan fingerprint density at radius 1 is 1.38 bits per heavy atom. The molecule has 10 heteroatoms. The van der Waals surface area contributed by atoms with Crippen LogP contribution in [0, 0.1) is 0 Å². The van der Waals surface area contributed by atoms with Crippen LogP contribution in [-0.4, -0.2) is 51.2 Å². The lowest BCUT2D eigenvalue weighted by molar-refractivity contribution is 0.0972. The molecule has 2 heterocycles. The number of alkyl carbamates (subject to hydrolysis) is 1. The van der Waals surface area contributed by atoms with Crippen LogP contribution in [0.4, 0.5) is 10.6 Å². The minimum atomic E-state index is -0.367. The highest BCUT2D eigenvalue weighted by Crippen LogP contribution is 2.35. The second kappa shape index (κ2) is 8.97. The molecule has 2 amide bonds. The molecular weight excluding hydrogens is 376 g/mol. The van der Waals surface area contributed by atoms with Crippen LogP contribution in [-0.2, 0) is 11.8 Å². The number of carbonyl (C=O) groups excluding carboxylic acids is 2. The van der Waals surface area contributed by atoms with Gasteiger partial charge in [0, 0.05) is 36.8 Å². The maximum absolute atomic E-state index is 12.4. The molecule has 3 rings (SSSR count). The van der Waals surface area contributed by atoms with Crippen LogP contribution in [0.2, 0.25) is 0 Å². The third-order valence-electron chi connectivity index (χ3n) is 5.21. The maximum atomic E-state index is 12.4. The molecule has 3 N–H and O–H groups in total. The number of nitrogens with zero attached hydrogens (tertiary/aromatic N) is 3. The largest absolute Gasteiger partial charge is 0.480 e. The fraction of sp³-hybridized carbons (Fsp3) is 0.579. The molecule has 1 saturated carbocycles. The van der Waals surface area contributed by atoms with E-state index in [1.165, 1.54) is 11.8 Å². The van der Waals surface area contributed by atoms with E-state index in [0.29, 0.717) is 17.4 Å². The summed E-state index contributed by atoms with van der Waals surface area (Å²) in [6.07, 6.45) is 2.78. The molecule has 1 fully saturated rings. The van der Waals surface area contributed by atoms with Crippen LogP contribution in [0.3, 0.4) is 0 Å². The van der Waals surface area contributed by atoms with E-state index in [2.05, 4.69) is 25.9 Å². The van der Waals surface area contributed by atoms with Gasteiger partial charge in [-0.1, -0.05) is 6.92 Å². The molecule has 0 bridgehead atoms. The molecule has 29 heavy (non-hydrogen) atoms. The predicted molar refractivity (Wildman–Crippen MR) is 106 cm³/mol. The zero-order chi connectivity index (χ0) is 21.0. The monoisotopic (exact) mass is 404 g/mol. The SMILES string of the molecule is CCC(C)NC(=O)O[C@@H]1CC[C@H](c2cc(NC(=O)c3cc(OC)nn3C)n[nH]2)C1. The van der Waals surface area contributed by atoms with Crippen molar-refractivity contribution in [2.75, 3.05) is 12.4 Å². The minimum Gasteiger partial charge on any atom is -0.480 e. The molecule has 2 aromatic heterocycles. The van der Waals surface area contributed by atoms with Crippen LogP contribution >= 0.6 is 0 Å². The molecule has 1 aliphatic carbocycles. The van der Waals surface area contributed by atoms with Gasteiger partial charge >= 0.3 is 6.09 Å². The highest BCUT2D eigenvalue weighted by atomic mass is 16.6. The lowest BCUT2D eigenvalue weighted by Gasteiger charge is -2.16. The molecule has 158 valence electrons. The molecule has 1 aliphatic rings. The molecule has 3 atom stereocenters. The van der Waals surface area contributed by atoms with Crippen molar-refractivity contribution in [3.05, 3.63) is 23.5 Å². The van der Waals surface area contributed by atoms with E-state index in [9.17, 15) is 9.59 Å². The van der Waals surface area contributed by atoms with Gasteiger partial charge in [0.15, 0.2) is 5.82 Å². The first-order chi connectivity index (χ1) is 13.9. The van der Waals surface area contributed by atoms with Crippen molar-refractivity contribution in [2.45, 2.75) is 57.6 Å². The summed E-state index contributed by atoms with van der Waals surface area (Å²) < 4.78 is 12.0. The Balaban J connectivity index is 1.54. The van der Waals surface area contributed by atoms with E-state index in [4.69, 9.17) is 9.47 Å². The number of rotatable bonds is 7. The van der Waals surface area contributed by atoms with Crippen molar-refractivity contribution >= 4 is 17.8 Å². The van der Waals surface area contributed by atoms with Crippen LogP contribution in [0.5, 0.6) is 5.88 Å². The molecule has 0 saturated heterocycles. The van der Waals surface area contributed by atoms with Crippen LogP contribution in [0.25, 0.3) is 0 Å². The lowest BCUT2D eigenvalue weighted by Crippen LogP contribution is -2.34. The van der Waals surface area contributed by atoms with Gasteiger partial charge in [0.2, 0.25) is 5.88 Å². The maximum Gasteiger partial charge on any atom is 0.407 e. The average molecular weight is 404 g/mol. The van der Waals surface area contributed by atoms with Crippen molar-refractivity contribution < 1.29 is 19.1 Å². The molecule has 0 radical (unpaired) electrons. The summed E-state index contributed by atoms with van der Waals surface area (Å²) in [6, 6.07) is 3.47. The molecule has 10 nitrogen and oxygen atoms in total.